The first kappa shape index (κ1) is 12.8. The van der Waals surface area contributed by atoms with Crippen molar-refractivity contribution in [3.8, 4) is 17.0 Å². The van der Waals surface area contributed by atoms with Gasteiger partial charge in [0, 0.05) is 16.7 Å². The number of hydrogen-bond donors (Lipinski definition) is 1. The first-order valence-electron chi connectivity index (χ1n) is 5.24. The zero-order valence-electron chi connectivity index (χ0n) is 9.65. The molecule has 0 aliphatic rings. The minimum Gasteiger partial charge on any atom is -0.481 e. The van der Waals surface area contributed by atoms with Crippen LogP contribution < -0.4 is 4.74 Å². The Hall–Kier alpha value is -1.65. The zero-order valence-corrected chi connectivity index (χ0v) is 10.4. The number of ether oxygens (including phenoxy) is 1. The third-order valence-electron chi connectivity index (χ3n) is 2.49. The molecule has 0 aliphatic heterocycles. The molecule has 5 heteroatoms. The Morgan fingerprint density at radius 3 is 2.78 bits per heavy atom. The predicted molar refractivity (Wildman–Crippen MR) is 67.1 cm³/mol. The largest absolute Gasteiger partial charge is 0.481 e. The van der Waals surface area contributed by atoms with Crippen LogP contribution in [0.15, 0.2) is 30.5 Å². The molecular formula is C13H11ClFNO2. The van der Waals surface area contributed by atoms with E-state index in [0.29, 0.717) is 27.6 Å². The highest BCUT2D eigenvalue weighted by molar-refractivity contribution is 6.31. The van der Waals surface area contributed by atoms with E-state index < -0.39 is 5.82 Å². The van der Waals surface area contributed by atoms with E-state index in [1.54, 1.807) is 18.2 Å². The van der Waals surface area contributed by atoms with Crippen LogP contribution in [0.5, 0.6) is 5.88 Å². The van der Waals surface area contributed by atoms with Crippen molar-refractivity contribution in [2.24, 2.45) is 0 Å². The van der Waals surface area contributed by atoms with Crippen molar-refractivity contribution in [1.29, 1.82) is 0 Å². The molecule has 2 rings (SSSR count). The van der Waals surface area contributed by atoms with Gasteiger partial charge in [-0.05, 0) is 29.3 Å². The Morgan fingerprint density at radius 1 is 1.33 bits per heavy atom. The fourth-order valence-corrected chi connectivity index (χ4v) is 1.91. The van der Waals surface area contributed by atoms with E-state index in [4.69, 9.17) is 21.4 Å². The summed E-state index contributed by atoms with van der Waals surface area (Å²) in [6.07, 6.45) is 1.09. The predicted octanol–water partition coefficient (Wildman–Crippen LogP) is 3.04. The maximum Gasteiger partial charge on any atom is 0.213 e. The molecule has 1 aromatic heterocycles. The molecule has 3 nitrogen and oxygen atoms in total. The van der Waals surface area contributed by atoms with E-state index in [-0.39, 0.29) is 6.61 Å². The summed E-state index contributed by atoms with van der Waals surface area (Å²) in [7, 11) is 1.46. The second kappa shape index (κ2) is 5.33. The van der Waals surface area contributed by atoms with Crippen molar-refractivity contribution < 1.29 is 14.2 Å². The minimum atomic E-state index is -0.470. The quantitative estimate of drug-likeness (QED) is 0.929. The third-order valence-corrected chi connectivity index (χ3v) is 2.71. The van der Waals surface area contributed by atoms with Crippen LogP contribution in [0.2, 0.25) is 5.02 Å². The van der Waals surface area contributed by atoms with Gasteiger partial charge in [0.2, 0.25) is 5.88 Å². The molecule has 0 unspecified atom stereocenters. The molecule has 0 aliphatic carbocycles. The maximum absolute atomic E-state index is 13.7. The van der Waals surface area contributed by atoms with Gasteiger partial charge < -0.3 is 9.84 Å². The molecule has 94 valence electrons. The number of benzene rings is 1. The van der Waals surface area contributed by atoms with Gasteiger partial charge in [-0.25, -0.2) is 9.37 Å². The van der Waals surface area contributed by atoms with E-state index in [9.17, 15) is 4.39 Å². The summed E-state index contributed by atoms with van der Waals surface area (Å²) in [5.74, 6) is -0.154. The van der Waals surface area contributed by atoms with E-state index in [1.807, 2.05) is 0 Å². The van der Waals surface area contributed by atoms with Gasteiger partial charge in [-0.3, -0.25) is 0 Å². The molecule has 2 aromatic rings. The molecule has 0 amide bonds. The summed E-state index contributed by atoms with van der Waals surface area (Å²) >= 11 is 5.92. The molecule has 0 bridgehead atoms. The highest BCUT2D eigenvalue weighted by Gasteiger charge is 2.09. The summed E-state index contributed by atoms with van der Waals surface area (Å²) in [4.78, 5) is 3.77. The molecule has 0 atom stereocenters. The van der Waals surface area contributed by atoms with Crippen molar-refractivity contribution in [1.82, 2.24) is 4.98 Å². The van der Waals surface area contributed by atoms with Crippen LogP contribution in [0, 0.1) is 5.82 Å². The standard InChI is InChI=1S/C13H11ClFNO2/c1-18-13-5-11(12(15)6-16-13)9-2-8(7-17)3-10(14)4-9/h2-6,17H,7H2,1H3. The maximum atomic E-state index is 13.7. The van der Waals surface area contributed by atoms with Crippen molar-refractivity contribution in [3.63, 3.8) is 0 Å². The number of hydrogen-bond acceptors (Lipinski definition) is 3. The monoisotopic (exact) mass is 267 g/mol. The van der Waals surface area contributed by atoms with Gasteiger partial charge in [-0.15, -0.1) is 0 Å². The number of nitrogens with zero attached hydrogens (tertiary/aromatic N) is 1. The fraction of sp³-hybridized carbons (Fsp3) is 0.154. The Balaban J connectivity index is 2.56. The average Bonchev–Trinajstić information content (AvgIpc) is 2.38. The summed E-state index contributed by atoms with van der Waals surface area (Å²) < 4.78 is 18.7. The SMILES string of the molecule is COc1cc(-c2cc(Cl)cc(CO)c2)c(F)cn1. The molecular weight excluding hydrogens is 257 g/mol. The van der Waals surface area contributed by atoms with Crippen LogP contribution in [0.3, 0.4) is 0 Å². The first-order chi connectivity index (χ1) is 8.63. The summed E-state index contributed by atoms with van der Waals surface area (Å²) in [5, 5.41) is 9.55. The second-order valence-corrected chi connectivity index (χ2v) is 4.15. The molecule has 1 heterocycles. The molecule has 1 aromatic carbocycles. The lowest BCUT2D eigenvalue weighted by Crippen LogP contribution is -1.93. The number of aromatic nitrogens is 1. The Kier molecular flexibility index (Phi) is 3.79. The van der Waals surface area contributed by atoms with Crippen LogP contribution in [-0.2, 0) is 6.61 Å². The van der Waals surface area contributed by atoms with Gasteiger partial charge in [0.15, 0.2) is 0 Å². The third kappa shape index (κ3) is 2.60. The van der Waals surface area contributed by atoms with Gasteiger partial charge in [0.05, 0.1) is 19.9 Å². The van der Waals surface area contributed by atoms with Gasteiger partial charge in [0.25, 0.3) is 0 Å². The van der Waals surface area contributed by atoms with Crippen LogP contribution in [0.25, 0.3) is 11.1 Å². The smallest absolute Gasteiger partial charge is 0.213 e. The Morgan fingerprint density at radius 2 is 2.11 bits per heavy atom. The van der Waals surface area contributed by atoms with Gasteiger partial charge >= 0.3 is 0 Å². The normalized spacial score (nSPS) is 10.4. The van der Waals surface area contributed by atoms with Gasteiger partial charge in [0.1, 0.15) is 5.82 Å². The van der Waals surface area contributed by atoms with Crippen LogP contribution in [-0.4, -0.2) is 17.2 Å². The number of methoxy groups -OCH3 is 1. The lowest BCUT2D eigenvalue weighted by Gasteiger charge is -2.08. The molecule has 0 spiro atoms. The average molecular weight is 268 g/mol. The van der Waals surface area contributed by atoms with Gasteiger partial charge in [-0.1, -0.05) is 11.6 Å². The number of aliphatic hydroxyl groups excluding tert-OH is 1. The van der Waals surface area contributed by atoms with Crippen molar-refractivity contribution in [2.75, 3.05) is 7.11 Å². The molecule has 1 N–H and O–H groups in total. The highest BCUT2D eigenvalue weighted by atomic mass is 35.5. The lowest BCUT2D eigenvalue weighted by molar-refractivity contribution is 0.282. The molecule has 0 fully saturated rings. The summed E-state index contributed by atoms with van der Waals surface area (Å²) in [6, 6.07) is 6.41. The molecule has 18 heavy (non-hydrogen) atoms. The molecule has 0 saturated heterocycles. The first-order valence-corrected chi connectivity index (χ1v) is 5.62. The van der Waals surface area contributed by atoms with E-state index in [0.717, 1.165) is 6.20 Å². The Labute approximate surface area is 109 Å². The number of pyridine rings is 1. The number of aliphatic hydroxyl groups is 1. The highest BCUT2D eigenvalue weighted by Crippen LogP contribution is 2.28. The van der Waals surface area contributed by atoms with Crippen LogP contribution >= 0.6 is 11.6 Å². The summed E-state index contributed by atoms with van der Waals surface area (Å²) in [6.45, 7) is -0.155. The van der Waals surface area contributed by atoms with E-state index in [1.165, 1.54) is 13.2 Å². The lowest BCUT2D eigenvalue weighted by atomic mass is 10.0. The van der Waals surface area contributed by atoms with E-state index in [2.05, 4.69) is 4.98 Å². The Bertz CT molecular complexity index is 575. The van der Waals surface area contributed by atoms with Crippen LogP contribution in [0.4, 0.5) is 4.39 Å². The number of halogens is 2. The van der Waals surface area contributed by atoms with Crippen molar-refractivity contribution in [2.45, 2.75) is 6.61 Å². The summed E-state index contributed by atoms with van der Waals surface area (Å²) in [5.41, 5.74) is 1.52. The van der Waals surface area contributed by atoms with Crippen LogP contribution in [0.1, 0.15) is 5.56 Å². The van der Waals surface area contributed by atoms with Crippen molar-refractivity contribution >= 4 is 11.6 Å². The van der Waals surface area contributed by atoms with Crippen molar-refractivity contribution in [3.05, 3.63) is 46.9 Å². The van der Waals surface area contributed by atoms with Gasteiger partial charge in [-0.2, -0.15) is 0 Å². The molecule has 0 radical (unpaired) electrons. The molecule has 0 saturated carbocycles. The fourth-order valence-electron chi connectivity index (χ4n) is 1.65. The second-order valence-electron chi connectivity index (χ2n) is 3.71. The van der Waals surface area contributed by atoms with E-state index >= 15 is 0 Å². The zero-order chi connectivity index (χ0) is 13.1. The number of rotatable bonds is 3. The topological polar surface area (TPSA) is 42.4 Å². The minimum absolute atomic E-state index is 0.155.